The molecule has 3 atom stereocenters. The second-order valence-electron chi connectivity index (χ2n) is 5.36. The molecule has 20 heavy (non-hydrogen) atoms. The molecule has 4 nitrogen and oxygen atoms in total. The van der Waals surface area contributed by atoms with Crippen LogP contribution in [0, 0.1) is 11.2 Å². The smallest absolute Gasteiger partial charge is 0.151 e. The van der Waals surface area contributed by atoms with Crippen LogP contribution in [0.1, 0.15) is 18.4 Å². The quantitative estimate of drug-likeness (QED) is 0.860. The van der Waals surface area contributed by atoms with E-state index in [1.807, 2.05) is 6.92 Å². The van der Waals surface area contributed by atoms with Crippen LogP contribution in [0.15, 0.2) is 24.3 Å². The first kappa shape index (κ1) is 15.4. The van der Waals surface area contributed by atoms with Gasteiger partial charge in [-0.25, -0.2) is 12.8 Å². The minimum absolute atomic E-state index is 0.200. The monoisotopic (exact) mass is 301 g/mol. The lowest BCUT2D eigenvalue weighted by atomic mass is 10.00. The van der Waals surface area contributed by atoms with Crippen molar-refractivity contribution in [2.45, 2.75) is 18.1 Å². The fourth-order valence-corrected chi connectivity index (χ4v) is 5.11. The molecule has 0 aliphatic heterocycles. The van der Waals surface area contributed by atoms with E-state index in [4.69, 9.17) is 10.5 Å². The number of hydrogen-bond donors (Lipinski definition) is 1. The van der Waals surface area contributed by atoms with Crippen LogP contribution in [-0.2, 0) is 14.6 Å². The molecule has 6 heteroatoms. The summed E-state index contributed by atoms with van der Waals surface area (Å²) in [4.78, 5) is 0. The lowest BCUT2D eigenvalue weighted by molar-refractivity contribution is 0.101. The normalized spacial score (nSPS) is 29.4. The van der Waals surface area contributed by atoms with Crippen molar-refractivity contribution in [2.24, 2.45) is 11.1 Å². The number of hydrogen-bond acceptors (Lipinski definition) is 4. The van der Waals surface area contributed by atoms with E-state index in [0.29, 0.717) is 12.2 Å². The number of nitrogens with two attached hydrogens (primary N) is 1. The molecule has 0 spiro atoms. The third kappa shape index (κ3) is 2.60. The maximum atomic E-state index is 13.4. The van der Waals surface area contributed by atoms with Crippen molar-refractivity contribution in [3.8, 4) is 0 Å². The highest BCUT2D eigenvalue weighted by molar-refractivity contribution is 7.91. The molecule has 0 amide bonds. The highest BCUT2D eigenvalue weighted by Crippen LogP contribution is 2.62. The summed E-state index contributed by atoms with van der Waals surface area (Å²) in [7, 11) is -3.27. The third-order valence-corrected chi connectivity index (χ3v) is 5.67. The van der Waals surface area contributed by atoms with E-state index in [0.717, 1.165) is 0 Å². The van der Waals surface area contributed by atoms with Gasteiger partial charge in [0.1, 0.15) is 5.82 Å². The molecule has 1 fully saturated rings. The molecule has 1 saturated carbocycles. The minimum Gasteiger partial charge on any atom is -0.381 e. The second-order valence-corrected chi connectivity index (χ2v) is 7.52. The van der Waals surface area contributed by atoms with Crippen molar-refractivity contribution in [3.05, 3.63) is 35.6 Å². The van der Waals surface area contributed by atoms with Gasteiger partial charge in [-0.2, -0.15) is 0 Å². The van der Waals surface area contributed by atoms with E-state index in [1.165, 1.54) is 18.4 Å². The summed E-state index contributed by atoms with van der Waals surface area (Å²) in [6.07, 6.45) is 1.20. The fourth-order valence-electron chi connectivity index (χ4n) is 3.10. The Labute approximate surface area is 119 Å². The molecule has 0 unspecified atom stereocenters. The van der Waals surface area contributed by atoms with Crippen molar-refractivity contribution in [3.63, 3.8) is 0 Å². The average molecular weight is 301 g/mol. The van der Waals surface area contributed by atoms with Gasteiger partial charge in [0.2, 0.25) is 0 Å². The first-order valence-electron chi connectivity index (χ1n) is 6.59. The van der Waals surface area contributed by atoms with Gasteiger partial charge < -0.3 is 10.5 Å². The summed E-state index contributed by atoms with van der Waals surface area (Å²) < 4.78 is 42.8. The van der Waals surface area contributed by atoms with Crippen molar-refractivity contribution in [2.75, 3.05) is 26.0 Å². The molecule has 1 aliphatic carbocycles. The lowest BCUT2D eigenvalue weighted by Crippen LogP contribution is -2.28. The Morgan fingerprint density at radius 3 is 2.65 bits per heavy atom. The largest absolute Gasteiger partial charge is 0.381 e. The van der Waals surface area contributed by atoms with Gasteiger partial charge in [0.05, 0.1) is 11.9 Å². The van der Waals surface area contributed by atoms with Crippen molar-refractivity contribution >= 4 is 9.84 Å². The summed E-state index contributed by atoms with van der Waals surface area (Å²) in [5, 5.41) is -0.603. The zero-order valence-corrected chi connectivity index (χ0v) is 12.5. The molecule has 1 aliphatic rings. The average Bonchev–Trinajstić information content (AvgIpc) is 3.06. The SMILES string of the molecule is CCOC[C@@]1(CN)[C@H](S(C)(=O)=O)[C@@H]1c1cccc(F)c1. The van der Waals surface area contributed by atoms with E-state index in [2.05, 4.69) is 0 Å². The topological polar surface area (TPSA) is 69.4 Å². The van der Waals surface area contributed by atoms with Gasteiger partial charge in [0.25, 0.3) is 0 Å². The van der Waals surface area contributed by atoms with E-state index in [-0.39, 0.29) is 24.9 Å². The maximum absolute atomic E-state index is 13.4. The molecule has 0 radical (unpaired) electrons. The van der Waals surface area contributed by atoms with Crippen LogP contribution >= 0.6 is 0 Å². The van der Waals surface area contributed by atoms with E-state index >= 15 is 0 Å². The second kappa shape index (κ2) is 5.42. The fraction of sp³-hybridized carbons (Fsp3) is 0.571. The highest BCUT2D eigenvalue weighted by Gasteiger charge is 2.69. The summed E-state index contributed by atoms with van der Waals surface area (Å²) in [5.41, 5.74) is 5.85. The summed E-state index contributed by atoms with van der Waals surface area (Å²) in [6, 6.07) is 6.06. The number of benzene rings is 1. The predicted octanol–water partition coefficient (Wildman–Crippen LogP) is 1.32. The molecular formula is C14H20FNO3S. The third-order valence-electron chi connectivity index (χ3n) is 4.00. The number of rotatable bonds is 6. The van der Waals surface area contributed by atoms with Crippen LogP contribution in [0.25, 0.3) is 0 Å². The van der Waals surface area contributed by atoms with Gasteiger partial charge >= 0.3 is 0 Å². The minimum atomic E-state index is -3.27. The van der Waals surface area contributed by atoms with Gasteiger partial charge in [-0.1, -0.05) is 12.1 Å². The Morgan fingerprint density at radius 2 is 2.15 bits per heavy atom. The first-order chi connectivity index (χ1) is 9.36. The predicted molar refractivity (Wildman–Crippen MR) is 75.8 cm³/mol. The number of halogens is 1. The van der Waals surface area contributed by atoms with Gasteiger partial charge in [-0.05, 0) is 24.6 Å². The van der Waals surface area contributed by atoms with E-state index in [1.54, 1.807) is 12.1 Å². The Kier molecular flexibility index (Phi) is 4.18. The van der Waals surface area contributed by atoms with Gasteiger partial charge in [-0.3, -0.25) is 0 Å². The standard InChI is InChI=1S/C14H20FNO3S/c1-3-19-9-14(8-16)12(13(14)20(2,17)18)10-5-4-6-11(15)7-10/h4-7,12-13H,3,8-9,16H2,1-2H3/t12-,13+,14+/m0/s1. The molecule has 0 aromatic heterocycles. The Balaban J connectivity index is 2.39. The maximum Gasteiger partial charge on any atom is 0.151 e. The highest BCUT2D eigenvalue weighted by atomic mass is 32.2. The molecule has 0 heterocycles. The number of ether oxygens (including phenoxy) is 1. The molecule has 2 rings (SSSR count). The summed E-state index contributed by atoms with van der Waals surface area (Å²) in [6.45, 7) is 2.82. The molecule has 1 aromatic rings. The van der Waals surface area contributed by atoms with Gasteiger partial charge in [0, 0.05) is 30.7 Å². The van der Waals surface area contributed by atoms with Crippen molar-refractivity contribution in [1.29, 1.82) is 0 Å². The Morgan fingerprint density at radius 1 is 1.45 bits per heavy atom. The van der Waals surface area contributed by atoms with E-state index in [9.17, 15) is 12.8 Å². The van der Waals surface area contributed by atoms with Crippen molar-refractivity contribution in [1.82, 2.24) is 0 Å². The molecule has 0 saturated heterocycles. The van der Waals surface area contributed by atoms with Crippen LogP contribution < -0.4 is 5.73 Å². The molecule has 0 bridgehead atoms. The summed E-state index contributed by atoms with van der Waals surface area (Å²) in [5.74, 6) is -0.672. The number of sulfone groups is 1. The van der Waals surface area contributed by atoms with Crippen LogP contribution in [0.5, 0.6) is 0 Å². The summed E-state index contributed by atoms with van der Waals surface area (Å²) >= 11 is 0. The molecule has 1 aromatic carbocycles. The van der Waals surface area contributed by atoms with Crippen molar-refractivity contribution < 1.29 is 17.5 Å². The Bertz CT molecular complexity index is 590. The van der Waals surface area contributed by atoms with Crippen LogP contribution in [0.2, 0.25) is 0 Å². The van der Waals surface area contributed by atoms with Crippen LogP contribution in [0.4, 0.5) is 4.39 Å². The van der Waals surface area contributed by atoms with E-state index < -0.39 is 20.5 Å². The molecular weight excluding hydrogens is 281 g/mol. The zero-order valence-electron chi connectivity index (χ0n) is 11.7. The molecule has 2 N–H and O–H groups in total. The Hall–Kier alpha value is -0.980. The first-order valence-corrected chi connectivity index (χ1v) is 8.54. The van der Waals surface area contributed by atoms with Crippen LogP contribution in [-0.4, -0.2) is 39.7 Å². The lowest BCUT2D eigenvalue weighted by Gasteiger charge is -2.15. The zero-order chi connectivity index (χ0) is 15.0. The van der Waals surface area contributed by atoms with Gasteiger partial charge in [-0.15, -0.1) is 0 Å². The van der Waals surface area contributed by atoms with Crippen LogP contribution in [0.3, 0.4) is 0 Å². The van der Waals surface area contributed by atoms with Gasteiger partial charge in [0.15, 0.2) is 9.84 Å². The molecule has 112 valence electrons.